The fourth-order valence-electron chi connectivity index (χ4n) is 2.19. The lowest BCUT2D eigenvalue weighted by Crippen LogP contribution is -2.22. The minimum Gasteiger partial charge on any atom is -0.367 e. The highest BCUT2D eigenvalue weighted by atomic mass is 19.1. The normalized spacial score (nSPS) is 10.1. The summed E-state index contributed by atoms with van der Waals surface area (Å²) in [6.07, 6.45) is 0. The number of nitrogens with zero attached hydrogens (tertiary/aromatic N) is 2. The Balaban J connectivity index is 2.22. The lowest BCUT2D eigenvalue weighted by Gasteiger charge is -2.24. The zero-order valence-electron chi connectivity index (χ0n) is 11.7. The third-order valence-corrected chi connectivity index (χ3v) is 3.41. The molecule has 0 amide bonds. The average molecular weight is 268 g/mol. The minimum absolute atomic E-state index is 0.223. The molecule has 0 heterocycles. The second kappa shape index (κ2) is 6.21. The minimum atomic E-state index is -0.223. The summed E-state index contributed by atoms with van der Waals surface area (Å²) in [4.78, 5) is 2.17. The second-order valence-electron chi connectivity index (χ2n) is 4.74. The Kier molecular flexibility index (Phi) is 4.37. The SMILES string of the molecule is CCN(Cc1ccc(C#N)cc1C)c1ccc(F)cc1. The van der Waals surface area contributed by atoms with Crippen LogP contribution in [0.5, 0.6) is 0 Å². The second-order valence-corrected chi connectivity index (χ2v) is 4.74. The third kappa shape index (κ3) is 3.16. The van der Waals surface area contributed by atoms with Crippen LogP contribution in [0.25, 0.3) is 0 Å². The molecule has 2 aromatic carbocycles. The number of hydrogen-bond acceptors (Lipinski definition) is 2. The summed E-state index contributed by atoms with van der Waals surface area (Å²) in [6.45, 7) is 5.67. The van der Waals surface area contributed by atoms with E-state index < -0.39 is 0 Å². The van der Waals surface area contributed by atoms with Crippen molar-refractivity contribution in [1.29, 1.82) is 5.26 Å². The Hall–Kier alpha value is -2.34. The predicted octanol–water partition coefficient (Wildman–Crippen LogP) is 4.03. The lowest BCUT2D eigenvalue weighted by atomic mass is 10.0. The number of nitriles is 1. The van der Waals surface area contributed by atoms with Crippen molar-refractivity contribution in [2.45, 2.75) is 20.4 Å². The van der Waals surface area contributed by atoms with Gasteiger partial charge >= 0.3 is 0 Å². The van der Waals surface area contributed by atoms with Crippen LogP contribution in [0.1, 0.15) is 23.6 Å². The molecule has 102 valence electrons. The molecule has 0 bridgehead atoms. The maximum Gasteiger partial charge on any atom is 0.123 e. The van der Waals surface area contributed by atoms with Gasteiger partial charge < -0.3 is 4.90 Å². The Labute approximate surface area is 119 Å². The van der Waals surface area contributed by atoms with Crippen LogP contribution in [0.3, 0.4) is 0 Å². The topological polar surface area (TPSA) is 27.0 Å². The average Bonchev–Trinajstić information content (AvgIpc) is 2.47. The van der Waals surface area contributed by atoms with Gasteiger partial charge in [-0.15, -0.1) is 0 Å². The monoisotopic (exact) mass is 268 g/mol. The molecule has 3 heteroatoms. The van der Waals surface area contributed by atoms with E-state index in [2.05, 4.69) is 17.9 Å². The van der Waals surface area contributed by atoms with Crippen molar-refractivity contribution in [3.05, 3.63) is 65.0 Å². The van der Waals surface area contributed by atoms with Gasteiger partial charge in [0.1, 0.15) is 5.82 Å². The van der Waals surface area contributed by atoms with E-state index in [-0.39, 0.29) is 5.82 Å². The highest BCUT2D eigenvalue weighted by Crippen LogP contribution is 2.19. The molecule has 0 radical (unpaired) electrons. The molecular formula is C17H17FN2. The van der Waals surface area contributed by atoms with Gasteiger partial charge in [0.15, 0.2) is 0 Å². The van der Waals surface area contributed by atoms with E-state index in [1.165, 1.54) is 17.7 Å². The molecule has 2 nitrogen and oxygen atoms in total. The zero-order valence-corrected chi connectivity index (χ0v) is 11.7. The molecule has 0 spiro atoms. The summed E-state index contributed by atoms with van der Waals surface area (Å²) in [7, 11) is 0. The molecule has 0 N–H and O–H groups in total. The third-order valence-electron chi connectivity index (χ3n) is 3.41. The van der Waals surface area contributed by atoms with Gasteiger partial charge in [-0.3, -0.25) is 0 Å². The van der Waals surface area contributed by atoms with E-state index in [1.807, 2.05) is 25.1 Å². The van der Waals surface area contributed by atoms with Gasteiger partial charge in [0.05, 0.1) is 11.6 Å². The van der Waals surface area contributed by atoms with Crippen LogP contribution >= 0.6 is 0 Å². The molecule has 2 aromatic rings. The van der Waals surface area contributed by atoms with E-state index in [4.69, 9.17) is 5.26 Å². The molecule has 0 saturated carbocycles. The molecule has 0 fully saturated rings. The molecule has 0 aromatic heterocycles. The van der Waals surface area contributed by atoms with Crippen LogP contribution in [0.4, 0.5) is 10.1 Å². The number of anilines is 1. The van der Waals surface area contributed by atoms with E-state index >= 15 is 0 Å². The van der Waals surface area contributed by atoms with Gasteiger partial charge in [0.25, 0.3) is 0 Å². The number of hydrogen-bond donors (Lipinski definition) is 0. The first-order valence-corrected chi connectivity index (χ1v) is 6.64. The van der Waals surface area contributed by atoms with E-state index in [0.717, 1.165) is 24.3 Å². The summed E-state index contributed by atoms with van der Waals surface area (Å²) < 4.78 is 13.0. The largest absolute Gasteiger partial charge is 0.367 e. The van der Waals surface area contributed by atoms with Crippen molar-refractivity contribution in [3.8, 4) is 6.07 Å². The number of benzene rings is 2. The molecule has 0 aliphatic rings. The first-order chi connectivity index (χ1) is 9.63. The van der Waals surface area contributed by atoms with Crippen LogP contribution < -0.4 is 4.90 Å². The summed E-state index contributed by atoms with van der Waals surface area (Å²) >= 11 is 0. The van der Waals surface area contributed by atoms with Crippen LogP contribution in [0.15, 0.2) is 42.5 Å². The van der Waals surface area contributed by atoms with E-state index in [0.29, 0.717) is 5.56 Å². The molecule has 0 unspecified atom stereocenters. The molecular weight excluding hydrogens is 251 g/mol. The summed E-state index contributed by atoms with van der Waals surface area (Å²) in [6, 6.07) is 14.4. The van der Waals surface area contributed by atoms with Gasteiger partial charge in [-0.25, -0.2) is 4.39 Å². The standard InChI is InChI=1S/C17H17FN2/c1-3-20(17-8-6-16(18)7-9-17)12-15-5-4-14(11-19)10-13(15)2/h4-10H,3,12H2,1-2H3. The number of halogens is 1. The fourth-order valence-corrected chi connectivity index (χ4v) is 2.19. The molecule has 0 aliphatic carbocycles. The summed E-state index contributed by atoms with van der Waals surface area (Å²) in [5.41, 5.74) is 3.95. The van der Waals surface area contributed by atoms with Crippen molar-refractivity contribution >= 4 is 5.69 Å². The van der Waals surface area contributed by atoms with Crippen LogP contribution in [-0.2, 0) is 6.54 Å². The molecule has 20 heavy (non-hydrogen) atoms. The molecule has 0 atom stereocenters. The van der Waals surface area contributed by atoms with Gasteiger partial charge in [-0.05, 0) is 61.4 Å². The zero-order chi connectivity index (χ0) is 14.5. The molecule has 0 saturated heterocycles. The van der Waals surface area contributed by atoms with Crippen LogP contribution in [-0.4, -0.2) is 6.54 Å². The quantitative estimate of drug-likeness (QED) is 0.837. The number of rotatable bonds is 4. The maximum absolute atomic E-state index is 13.0. The Morgan fingerprint density at radius 1 is 1.15 bits per heavy atom. The summed E-state index contributed by atoms with van der Waals surface area (Å²) in [5.74, 6) is -0.223. The first kappa shape index (κ1) is 14.1. The van der Waals surface area contributed by atoms with Gasteiger partial charge in [-0.1, -0.05) is 6.07 Å². The van der Waals surface area contributed by atoms with Gasteiger partial charge in [-0.2, -0.15) is 5.26 Å². The van der Waals surface area contributed by atoms with Crippen molar-refractivity contribution in [2.24, 2.45) is 0 Å². The lowest BCUT2D eigenvalue weighted by molar-refractivity contribution is 0.627. The highest BCUT2D eigenvalue weighted by Gasteiger charge is 2.08. The van der Waals surface area contributed by atoms with E-state index in [9.17, 15) is 4.39 Å². The van der Waals surface area contributed by atoms with Gasteiger partial charge in [0, 0.05) is 18.8 Å². The fraction of sp³-hybridized carbons (Fsp3) is 0.235. The van der Waals surface area contributed by atoms with E-state index in [1.54, 1.807) is 12.1 Å². The Morgan fingerprint density at radius 2 is 1.85 bits per heavy atom. The Bertz CT molecular complexity index is 626. The summed E-state index contributed by atoms with van der Waals surface area (Å²) in [5, 5.41) is 8.89. The molecule has 0 aliphatic heterocycles. The van der Waals surface area contributed by atoms with Crippen molar-refractivity contribution in [1.82, 2.24) is 0 Å². The Morgan fingerprint density at radius 3 is 2.40 bits per heavy atom. The van der Waals surface area contributed by atoms with Crippen LogP contribution in [0, 0.1) is 24.1 Å². The predicted molar refractivity (Wildman–Crippen MR) is 79.0 cm³/mol. The van der Waals surface area contributed by atoms with Crippen molar-refractivity contribution in [3.63, 3.8) is 0 Å². The maximum atomic E-state index is 13.0. The molecule has 2 rings (SSSR count). The van der Waals surface area contributed by atoms with Crippen molar-refractivity contribution in [2.75, 3.05) is 11.4 Å². The number of aryl methyl sites for hydroxylation is 1. The first-order valence-electron chi connectivity index (χ1n) is 6.64. The van der Waals surface area contributed by atoms with Crippen molar-refractivity contribution < 1.29 is 4.39 Å². The van der Waals surface area contributed by atoms with Gasteiger partial charge in [0.2, 0.25) is 0 Å². The highest BCUT2D eigenvalue weighted by molar-refractivity contribution is 5.48. The smallest absolute Gasteiger partial charge is 0.123 e. The van der Waals surface area contributed by atoms with Crippen LogP contribution in [0.2, 0.25) is 0 Å².